The molecule has 1 rings (SSSR count). The van der Waals surface area contributed by atoms with E-state index in [0.717, 1.165) is 13.0 Å². The fourth-order valence-electron chi connectivity index (χ4n) is 1.66. The molecule has 0 saturated heterocycles. The molecule has 1 heterocycles. The van der Waals surface area contributed by atoms with Gasteiger partial charge >= 0.3 is 5.97 Å². The summed E-state index contributed by atoms with van der Waals surface area (Å²) in [6, 6.07) is 3.12. The van der Waals surface area contributed by atoms with Crippen molar-refractivity contribution in [1.82, 2.24) is 0 Å². The molecule has 0 aliphatic heterocycles. The van der Waals surface area contributed by atoms with E-state index in [1.807, 2.05) is 0 Å². The van der Waals surface area contributed by atoms with Crippen LogP contribution in [0, 0.1) is 0 Å². The number of carbonyl (C=O) groups is 1. The highest BCUT2D eigenvalue weighted by atomic mass is 16.4. The number of hydrogen-bond donors (Lipinski definition) is 2. The average Bonchev–Trinajstić information content (AvgIpc) is 2.77. The number of carboxylic acids is 1. The maximum Gasteiger partial charge on any atom is 0.371 e. The smallest absolute Gasteiger partial charge is 0.371 e. The monoisotopic (exact) mass is 239 g/mol. The van der Waals surface area contributed by atoms with E-state index in [-0.39, 0.29) is 5.76 Å². The fraction of sp³-hybridized carbons (Fsp3) is 0.615. The molecule has 0 atom stereocenters. The first kappa shape index (κ1) is 13.6. The van der Waals surface area contributed by atoms with Crippen molar-refractivity contribution in [2.45, 2.75) is 45.4 Å². The zero-order valence-corrected chi connectivity index (χ0v) is 10.4. The summed E-state index contributed by atoms with van der Waals surface area (Å²) in [6.45, 7) is 3.04. The number of nitrogens with one attached hydrogen (secondary N) is 1. The van der Waals surface area contributed by atoms with Gasteiger partial charge in [-0.25, -0.2) is 4.79 Å². The molecular weight excluding hydrogens is 218 g/mol. The summed E-state index contributed by atoms with van der Waals surface area (Å²) in [6.07, 6.45) is 7.46. The lowest BCUT2D eigenvalue weighted by atomic mass is 10.1. The largest absolute Gasteiger partial charge is 0.475 e. The lowest BCUT2D eigenvalue weighted by molar-refractivity contribution is 0.0663. The predicted molar refractivity (Wildman–Crippen MR) is 67.5 cm³/mol. The fourth-order valence-corrected chi connectivity index (χ4v) is 1.66. The second-order valence-corrected chi connectivity index (χ2v) is 4.16. The molecule has 0 saturated carbocycles. The quantitative estimate of drug-likeness (QED) is 0.644. The minimum Gasteiger partial charge on any atom is -0.475 e. The van der Waals surface area contributed by atoms with Gasteiger partial charge in [-0.3, -0.25) is 0 Å². The van der Waals surface area contributed by atoms with Crippen LogP contribution in [0.1, 0.15) is 56.0 Å². The highest BCUT2D eigenvalue weighted by Crippen LogP contribution is 2.13. The summed E-state index contributed by atoms with van der Waals surface area (Å²) in [4.78, 5) is 10.6. The summed E-state index contributed by atoms with van der Waals surface area (Å²) in [5.41, 5.74) is 0. The van der Waals surface area contributed by atoms with Crippen molar-refractivity contribution < 1.29 is 14.3 Å². The Kier molecular flexibility index (Phi) is 6.22. The molecule has 0 aliphatic carbocycles. The number of rotatable bonds is 9. The van der Waals surface area contributed by atoms with E-state index in [1.54, 1.807) is 6.07 Å². The number of carboxylic acid groups (broad SMARTS) is 1. The van der Waals surface area contributed by atoms with Gasteiger partial charge in [-0.2, -0.15) is 0 Å². The minimum absolute atomic E-state index is 0.0181. The third-order valence-corrected chi connectivity index (χ3v) is 2.65. The van der Waals surface area contributed by atoms with Crippen molar-refractivity contribution in [3.63, 3.8) is 0 Å². The zero-order valence-electron chi connectivity index (χ0n) is 10.4. The Balaban J connectivity index is 2.07. The molecule has 1 aromatic heterocycles. The Morgan fingerprint density at radius 3 is 2.59 bits per heavy atom. The standard InChI is InChI=1S/C13H21NO3/c1-2-3-4-5-6-7-10-14-12-9-8-11(17-12)13(15)16/h8-9,14H,2-7,10H2,1H3,(H,15,16). The third-order valence-electron chi connectivity index (χ3n) is 2.65. The van der Waals surface area contributed by atoms with Crippen molar-refractivity contribution in [1.29, 1.82) is 0 Å². The number of aromatic carboxylic acids is 1. The predicted octanol–water partition coefficient (Wildman–Crippen LogP) is 3.75. The second kappa shape index (κ2) is 7.76. The first-order valence-corrected chi connectivity index (χ1v) is 6.31. The van der Waals surface area contributed by atoms with Crippen LogP contribution in [0.5, 0.6) is 0 Å². The van der Waals surface area contributed by atoms with Crippen molar-refractivity contribution in [2.24, 2.45) is 0 Å². The Morgan fingerprint density at radius 1 is 1.24 bits per heavy atom. The van der Waals surface area contributed by atoms with Gasteiger partial charge < -0.3 is 14.8 Å². The zero-order chi connectivity index (χ0) is 12.5. The van der Waals surface area contributed by atoms with Crippen molar-refractivity contribution in [3.05, 3.63) is 17.9 Å². The summed E-state index contributed by atoms with van der Waals surface area (Å²) in [5.74, 6) is -0.510. The van der Waals surface area contributed by atoms with Gasteiger partial charge in [0.1, 0.15) is 0 Å². The Bertz CT molecular complexity index is 333. The molecule has 0 aromatic carbocycles. The first-order chi connectivity index (χ1) is 8.24. The van der Waals surface area contributed by atoms with Gasteiger partial charge in [0.25, 0.3) is 0 Å². The summed E-state index contributed by atoms with van der Waals surface area (Å²) in [5, 5.41) is 11.7. The molecule has 0 amide bonds. The molecule has 4 heteroatoms. The highest BCUT2D eigenvalue weighted by Gasteiger charge is 2.07. The van der Waals surface area contributed by atoms with Crippen LogP contribution in [0.2, 0.25) is 0 Å². The van der Waals surface area contributed by atoms with E-state index in [0.29, 0.717) is 5.88 Å². The van der Waals surface area contributed by atoms with Crippen LogP contribution in [0.4, 0.5) is 5.88 Å². The lowest BCUT2D eigenvalue weighted by Crippen LogP contribution is -2.00. The Morgan fingerprint density at radius 2 is 1.94 bits per heavy atom. The minimum atomic E-state index is -1.03. The molecule has 4 nitrogen and oxygen atoms in total. The average molecular weight is 239 g/mol. The van der Waals surface area contributed by atoms with Gasteiger partial charge in [0.15, 0.2) is 5.88 Å². The van der Waals surface area contributed by atoms with Crippen molar-refractivity contribution in [2.75, 3.05) is 11.9 Å². The van der Waals surface area contributed by atoms with Gasteiger partial charge in [0.2, 0.25) is 5.76 Å². The van der Waals surface area contributed by atoms with Crippen LogP contribution >= 0.6 is 0 Å². The maximum atomic E-state index is 10.6. The lowest BCUT2D eigenvalue weighted by Gasteiger charge is -2.02. The van der Waals surface area contributed by atoms with E-state index < -0.39 is 5.97 Å². The van der Waals surface area contributed by atoms with Gasteiger partial charge in [0.05, 0.1) is 0 Å². The molecular formula is C13H21NO3. The molecule has 0 aliphatic rings. The second-order valence-electron chi connectivity index (χ2n) is 4.16. The van der Waals surface area contributed by atoms with E-state index in [9.17, 15) is 4.79 Å². The number of unbranched alkanes of at least 4 members (excludes halogenated alkanes) is 5. The molecule has 1 aromatic rings. The van der Waals surface area contributed by atoms with E-state index in [2.05, 4.69) is 12.2 Å². The maximum absolute atomic E-state index is 10.6. The molecule has 0 bridgehead atoms. The Labute approximate surface area is 102 Å². The SMILES string of the molecule is CCCCCCCCNc1ccc(C(=O)O)o1. The van der Waals surface area contributed by atoms with E-state index in [1.165, 1.54) is 38.2 Å². The summed E-state index contributed by atoms with van der Waals surface area (Å²) in [7, 11) is 0. The normalized spacial score (nSPS) is 10.4. The van der Waals surface area contributed by atoms with Gasteiger partial charge in [0, 0.05) is 12.6 Å². The van der Waals surface area contributed by atoms with Gasteiger partial charge in [-0.05, 0) is 12.5 Å². The molecule has 0 fully saturated rings. The van der Waals surface area contributed by atoms with Gasteiger partial charge in [-0.15, -0.1) is 0 Å². The van der Waals surface area contributed by atoms with Crippen molar-refractivity contribution >= 4 is 11.9 Å². The highest BCUT2D eigenvalue weighted by molar-refractivity contribution is 5.84. The first-order valence-electron chi connectivity index (χ1n) is 6.31. The summed E-state index contributed by atoms with van der Waals surface area (Å²) >= 11 is 0. The third kappa shape index (κ3) is 5.43. The number of anilines is 1. The van der Waals surface area contributed by atoms with Crippen LogP contribution in [-0.2, 0) is 0 Å². The van der Waals surface area contributed by atoms with Crippen LogP contribution in [-0.4, -0.2) is 17.6 Å². The van der Waals surface area contributed by atoms with E-state index >= 15 is 0 Å². The number of hydrogen-bond acceptors (Lipinski definition) is 3. The van der Waals surface area contributed by atoms with Gasteiger partial charge in [-0.1, -0.05) is 39.0 Å². The van der Waals surface area contributed by atoms with Crippen LogP contribution in [0.3, 0.4) is 0 Å². The molecule has 96 valence electrons. The molecule has 2 N–H and O–H groups in total. The van der Waals surface area contributed by atoms with Crippen LogP contribution in [0.25, 0.3) is 0 Å². The Hall–Kier alpha value is -1.45. The molecule has 0 radical (unpaired) electrons. The van der Waals surface area contributed by atoms with E-state index in [4.69, 9.17) is 9.52 Å². The number of furan rings is 1. The molecule has 0 spiro atoms. The van der Waals surface area contributed by atoms with Crippen LogP contribution < -0.4 is 5.32 Å². The van der Waals surface area contributed by atoms with Crippen LogP contribution in [0.15, 0.2) is 16.5 Å². The van der Waals surface area contributed by atoms with Crippen molar-refractivity contribution in [3.8, 4) is 0 Å². The molecule has 17 heavy (non-hydrogen) atoms. The summed E-state index contributed by atoms with van der Waals surface area (Å²) < 4.78 is 5.08. The molecule has 0 unspecified atom stereocenters. The topological polar surface area (TPSA) is 62.5 Å².